The van der Waals surface area contributed by atoms with Gasteiger partial charge in [0.1, 0.15) is 5.03 Å². The third-order valence-corrected chi connectivity index (χ3v) is 4.56. The summed E-state index contributed by atoms with van der Waals surface area (Å²) in [6.07, 6.45) is 1.65. The summed E-state index contributed by atoms with van der Waals surface area (Å²) >= 11 is 7.36. The van der Waals surface area contributed by atoms with Gasteiger partial charge in [-0.2, -0.15) is 0 Å². The minimum atomic E-state index is -0.335. The zero-order chi connectivity index (χ0) is 15.5. The number of benzene rings is 1. The number of amides is 1. The average Bonchev–Trinajstić information content (AvgIpc) is 2.97. The van der Waals surface area contributed by atoms with E-state index >= 15 is 0 Å². The number of ether oxygens (including phenoxy) is 2. The summed E-state index contributed by atoms with van der Waals surface area (Å²) in [7, 11) is 0. The van der Waals surface area contributed by atoms with Gasteiger partial charge in [-0.1, -0.05) is 23.4 Å². The van der Waals surface area contributed by atoms with Gasteiger partial charge in [0.25, 0.3) is 0 Å². The third kappa shape index (κ3) is 3.28. The number of aromatic nitrogens is 1. The molecule has 1 aliphatic rings. The molecule has 114 valence electrons. The average molecular weight is 337 g/mol. The molecule has 1 amide bonds. The van der Waals surface area contributed by atoms with Crippen molar-refractivity contribution in [3.05, 3.63) is 41.6 Å². The number of rotatable bonds is 4. The highest BCUT2D eigenvalue weighted by atomic mass is 35.5. The lowest BCUT2D eigenvalue weighted by Gasteiger charge is -2.12. The van der Waals surface area contributed by atoms with Gasteiger partial charge in [-0.3, -0.25) is 4.79 Å². The number of nitrogens with zero attached hydrogens (tertiary/aromatic N) is 1. The summed E-state index contributed by atoms with van der Waals surface area (Å²) in [5.74, 6) is 1.18. The van der Waals surface area contributed by atoms with Crippen molar-refractivity contribution in [2.45, 2.75) is 17.2 Å². The van der Waals surface area contributed by atoms with E-state index in [0.717, 1.165) is 0 Å². The molecule has 7 heteroatoms. The predicted octanol–water partition coefficient (Wildman–Crippen LogP) is 3.58. The Morgan fingerprint density at radius 3 is 3.00 bits per heavy atom. The van der Waals surface area contributed by atoms with Gasteiger partial charge in [0, 0.05) is 18.0 Å². The van der Waals surface area contributed by atoms with Gasteiger partial charge in [-0.25, -0.2) is 4.98 Å². The van der Waals surface area contributed by atoms with Crippen LogP contribution >= 0.6 is 23.4 Å². The van der Waals surface area contributed by atoms with Crippen molar-refractivity contribution >= 4 is 35.0 Å². The Labute approximate surface area is 137 Å². The number of hydrogen-bond acceptors (Lipinski definition) is 5. The lowest BCUT2D eigenvalue weighted by Crippen LogP contribution is -2.22. The molecule has 1 atom stereocenters. The van der Waals surface area contributed by atoms with Crippen molar-refractivity contribution < 1.29 is 14.3 Å². The van der Waals surface area contributed by atoms with Crippen molar-refractivity contribution in [3.63, 3.8) is 0 Å². The first-order chi connectivity index (χ1) is 10.6. The molecule has 0 aliphatic carbocycles. The van der Waals surface area contributed by atoms with Crippen molar-refractivity contribution in [2.24, 2.45) is 0 Å². The van der Waals surface area contributed by atoms with Crippen LogP contribution in [0.5, 0.6) is 11.5 Å². The first-order valence-corrected chi connectivity index (χ1v) is 7.87. The lowest BCUT2D eigenvalue weighted by molar-refractivity contribution is -0.115. The van der Waals surface area contributed by atoms with Crippen LogP contribution in [-0.4, -0.2) is 22.9 Å². The smallest absolute Gasteiger partial charge is 0.237 e. The van der Waals surface area contributed by atoms with Gasteiger partial charge in [0.15, 0.2) is 11.5 Å². The molecule has 1 aromatic heterocycles. The third-order valence-electron chi connectivity index (χ3n) is 3.02. The quantitative estimate of drug-likeness (QED) is 0.865. The van der Waals surface area contributed by atoms with Crippen LogP contribution in [0.1, 0.15) is 6.92 Å². The Morgan fingerprint density at radius 2 is 2.18 bits per heavy atom. The summed E-state index contributed by atoms with van der Waals surface area (Å²) in [5, 5.41) is 3.68. The van der Waals surface area contributed by atoms with Crippen LogP contribution in [0.3, 0.4) is 0 Å². The van der Waals surface area contributed by atoms with E-state index < -0.39 is 0 Å². The summed E-state index contributed by atoms with van der Waals surface area (Å²) < 4.78 is 10.5. The van der Waals surface area contributed by atoms with Crippen molar-refractivity contribution in [2.75, 3.05) is 12.1 Å². The fraction of sp³-hybridized carbons (Fsp3) is 0.200. The fourth-order valence-corrected chi connectivity index (χ4v) is 2.96. The summed E-state index contributed by atoms with van der Waals surface area (Å²) in [4.78, 5) is 16.4. The van der Waals surface area contributed by atoms with Crippen LogP contribution in [0.25, 0.3) is 0 Å². The summed E-state index contributed by atoms with van der Waals surface area (Å²) in [6, 6.07) is 8.79. The molecule has 0 saturated heterocycles. The van der Waals surface area contributed by atoms with Gasteiger partial charge >= 0.3 is 0 Å². The van der Waals surface area contributed by atoms with Gasteiger partial charge in [-0.05, 0) is 31.2 Å². The number of anilines is 1. The molecule has 1 aromatic carbocycles. The SMILES string of the molecule is CC(Sc1ncccc1Cl)C(=O)Nc1ccc2c(c1)OCO2. The number of nitrogens with one attached hydrogen (secondary N) is 1. The normalized spacial score (nSPS) is 13.7. The zero-order valence-electron chi connectivity index (χ0n) is 11.7. The number of halogens is 1. The van der Waals surface area contributed by atoms with Gasteiger partial charge in [0.2, 0.25) is 12.7 Å². The van der Waals surface area contributed by atoms with Crippen LogP contribution in [-0.2, 0) is 4.79 Å². The maximum absolute atomic E-state index is 12.3. The number of carbonyl (C=O) groups excluding carboxylic acids is 1. The van der Waals surface area contributed by atoms with E-state index in [1.807, 2.05) is 0 Å². The van der Waals surface area contributed by atoms with E-state index in [0.29, 0.717) is 27.2 Å². The lowest BCUT2D eigenvalue weighted by atomic mass is 10.2. The molecule has 3 rings (SSSR count). The van der Waals surface area contributed by atoms with E-state index in [9.17, 15) is 4.79 Å². The highest BCUT2D eigenvalue weighted by Gasteiger charge is 2.19. The number of thioether (sulfide) groups is 1. The Bertz CT molecular complexity index is 711. The Balaban J connectivity index is 1.65. The second kappa shape index (κ2) is 6.46. The molecule has 5 nitrogen and oxygen atoms in total. The number of carbonyl (C=O) groups is 1. The standard InChI is InChI=1S/C15H13ClN2O3S/c1-9(22-15-11(16)3-2-6-17-15)14(19)18-10-4-5-12-13(7-10)21-8-20-12/h2-7,9H,8H2,1H3,(H,18,19). The second-order valence-electron chi connectivity index (χ2n) is 4.61. The molecule has 0 saturated carbocycles. The first kappa shape index (κ1) is 15.0. The first-order valence-electron chi connectivity index (χ1n) is 6.61. The predicted molar refractivity (Wildman–Crippen MR) is 85.8 cm³/mol. The largest absolute Gasteiger partial charge is 0.454 e. The number of pyridine rings is 1. The second-order valence-corrected chi connectivity index (χ2v) is 6.34. The van der Waals surface area contributed by atoms with Gasteiger partial charge < -0.3 is 14.8 Å². The monoisotopic (exact) mass is 336 g/mol. The maximum Gasteiger partial charge on any atom is 0.237 e. The number of fused-ring (bicyclic) bond motifs is 1. The van der Waals surface area contributed by atoms with Crippen LogP contribution in [0.4, 0.5) is 5.69 Å². The van der Waals surface area contributed by atoms with Crippen LogP contribution < -0.4 is 14.8 Å². The molecule has 1 unspecified atom stereocenters. The molecule has 1 aliphatic heterocycles. The summed E-state index contributed by atoms with van der Waals surface area (Å²) in [5.41, 5.74) is 0.661. The van der Waals surface area contributed by atoms with E-state index in [4.69, 9.17) is 21.1 Å². The highest BCUT2D eigenvalue weighted by Crippen LogP contribution is 2.34. The molecule has 0 fully saturated rings. The molecule has 1 N–H and O–H groups in total. The van der Waals surface area contributed by atoms with Crippen LogP contribution in [0, 0.1) is 0 Å². The molecule has 0 spiro atoms. The minimum absolute atomic E-state index is 0.134. The molecule has 2 heterocycles. The molecule has 0 radical (unpaired) electrons. The Hall–Kier alpha value is -1.92. The Kier molecular flexibility index (Phi) is 4.40. The zero-order valence-corrected chi connectivity index (χ0v) is 13.3. The fourth-order valence-electron chi connectivity index (χ4n) is 1.90. The molecule has 22 heavy (non-hydrogen) atoms. The summed E-state index contributed by atoms with van der Waals surface area (Å²) in [6.45, 7) is 2.01. The van der Waals surface area contributed by atoms with Crippen molar-refractivity contribution in [1.29, 1.82) is 0 Å². The van der Waals surface area contributed by atoms with Crippen molar-refractivity contribution in [3.8, 4) is 11.5 Å². The highest BCUT2D eigenvalue weighted by molar-refractivity contribution is 8.00. The Morgan fingerprint density at radius 1 is 1.36 bits per heavy atom. The van der Waals surface area contributed by atoms with Gasteiger partial charge in [0.05, 0.1) is 10.3 Å². The van der Waals surface area contributed by atoms with Crippen LogP contribution in [0.2, 0.25) is 5.02 Å². The minimum Gasteiger partial charge on any atom is -0.454 e. The molecular weight excluding hydrogens is 324 g/mol. The molecular formula is C15H13ClN2O3S. The van der Waals surface area contributed by atoms with E-state index in [1.54, 1.807) is 43.5 Å². The molecule has 0 bridgehead atoms. The van der Waals surface area contributed by atoms with E-state index in [-0.39, 0.29) is 18.0 Å². The number of hydrogen-bond donors (Lipinski definition) is 1. The topological polar surface area (TPSA) is 60.5 Å². The van der Waals surface area contributed by atoms with Gasteiger partial charge in [-0.15, -0.1) is 0 Å². The van der Waals surface area contributed by atoms with E-state index in [1.165, 1.54) is 11.8 Å². The molecule has 2 aromatic rings. The maximum atomic E-state index is 12.3. The van der Waals surface area contributed by atoms with E-state index in [2.05, 4.69) is 10.3 Å². The van der Waals surface area contributed by atoms with Crippen LogP contribution in [0.15, 0.2) is 41.6 Å². The van der Waals surface area contributed by atoms with Crippen molar-refractivity contribution in [1.82, 2.24) is 4.98 Å².